The van der Waals surface area contributed by atoms with Crippen LogP contribution in [0.3, 0.4) is 0 Å². The molecule has 5 nitrogen and oxygen atoms in total. The molecule has 1 amide bonds. The van der Waals surface area contributed by atoms with Gasteiger partial charge in [0.2, 0.25) is 0 Å². The number of nitrogens with one attached hydrogen (secondary N) is 1. The molecule has 1 heterocycles. The topological polar surface area (TPSA) is 80.9 Å². The van der Waals surface area contributed by atoms with E-state index in [1.54, 1.807) is 24.5 Å². The van der Waals surface area contributed by atoms with E-state index in [0.717, 1.165) is 30.3 Å². The number of carbonyl (C=O) groups is 1. The van der Waals surface area contributed by atoms with Crippen LogP contribution < -0.4 is 11.1 Å². The lowest BCUT2D eigenvalue weighted by Crippen LogP contribution is -2.58. The number of aromatic nitrogens is 2. The number of carbonyl (C=O) groups excluding carboxylic acids is 1. The van der Waals surface area contributed by atoms with Crippen LogP contribution in [0, 0.1) is 0 Å². The zero-order valence-electron chi connectivity index (χ0n) is 10.6. The van der Waals surface area contributed by atoms with E-state index >= 15 is 0 Å². The van der Waals surface area contributed by atoms with Gasteiger partial charge >= 0.3 is 0 Å². The second kappa shape index (κ2) is 4.59. The summed E-state index contributed by atoms with van der Waals surface area (Å²) in [6.07, 6.45) is 6.31. The van der Waals surface area contributed by atoms with Gasteiger partial charge < -0.3 is 11.1 Å². The summed E-state index contributed by atoms with van der Waals surface area (Å²) < 4.78 is 0. The average molecular weight is 256 g/mol. The molecule has 0 atom stereocenters. The Morgan fingerprint density at radius 1 is 1.26 bits per heavy atom. The van der Waals surface area contributed by atoms with Crippen LogP contribution in [-0.4, -0.2) is 28.0 Å². The standard InChI is InChI=1S/C14H16N4O/c15-9-14(4-1-5-14)18-13(19)10-2-3-11-12(8-10)17-7-6-16-11/h2-3,6-8H,1,4-5,9,15H2,(H,18,19). The van der Waals surface area contributed by atoms with E-state index in [9.17, 15) is 4.79 Å². The van der Waals surface area contributed by atoms with Crippen LogP contribution in [0.2, 0.25) is 0 Å². The van der Waals surface area contributed by atoms with Crippen LogP contribution in [0.15, 0.2) is 30.6 Å². The van der Waals surface area contributed by atoms with Gasteiger partial charge in [0.25, 0.3) is 5.91 Å². The quantitative estimate of drug-likeness (QED) is 0.865. The lowest BCUT2D eigenvalue weighted by molar-refractivity contribution is 0.0837. The molecule has 19 heavy (non-hydrogen) atoms. The van der Waals surface area contributed by atoms with Crippen molar-refractivity contribution in [3.63, 3.8) is 0 Å². The van der Waals surface area contributed by atoms with E-state index < -0.39 is 0 Å². The Kier molecular flexibility index (Phi) is 2.91. The van der Waals surface area contributed by atoms with Crippen molar-refractivity contribution >= 4 is 16.9 Å². The number of rotatable bonds is 3. The van der Waals surface area contributed by atoms with E-state index in [1.165, 1.54) is 0 Å². The first kappa shape index (κ1) is 12.0. The molecular formula is C14H16N4O. The normalized spacial score (nSPS) is 16.9. The minimum atomic E-state index is -0.200. The highest BCUT2D eigenvalue weighted by molar-refractivity contribution is 5.97. The first-order valence-corrected chi connectivity index (χ1v) is 6.46. The molecule has 98 valence electrons. The van der Waals surface area contributed by atoms with Crippen molar-refractivity contribution < 1.29 is 4.79 Å². The van der Waals surface area contributed by atoms with Gasteiger partial charge in [-0.25, -0.2) is 0 Å². The van der Waals surface area contributed by atoms with E-state index in [0.29, 0.717) is 12.1 Å². The molecule has 0 unspecified atom stereocenters. The molecule has 1 aromatic heterocycles. The van der Waals surface area contributed by atoms with Gasteiger partial charge in [-0.2, -0.15) is 0 Å². The lowest BCUT2D eigenvalue weighted by atomic mass is 9.76. The van der Waals surface area contributed by atoms with Crippen LogP contribution >= 0.6 is 0 Å². The Labute approximate surface area is 111 Å². The Bertz CT molecular complexity index is 616. The van der Waals surface area contributed by atoms with E-state index in [-0.39, 0.29) is 11.4 Å². The predicted molar refractivity (Wildman–Crippen MR) is 72.6 cm³/mol. The monoisotopic (exact) mass is 256 g/mol. The number of nitrogens with zero attached hydrogens (tertiary/aromatic N) is 2. The maximum absolute atomic E-state index is 12.2. The van der Waals surface area contributed by atoms with Crippen molar-refractivity contribution in [3.05, 3.63) is 36.2 Å². The van der Waals surface area contributed by atoms with Gasteiger partial charge in [-0.3, -0.25) is 14.8 Å². The Hall–Kier alpha value is -2.01. The van der Waals surface area contributed by atoms with Crippen LogP contribution in [-0.2, 0) is 0 Å². The van der Waals surface area contributed by atoms with E-state index in [1.807, 2.05) is 6.07 Å². The van der Waals surface area contributed by atoms with Gasteiger partial charge in [0.15, 0.2) is 0 Å². The molecule has 0 spiro atoms. The Morgan fingerprint density at radius 3 is 2.63 bits per heavy atom. The molecule has 1 aliphatic carbocycles. The SMILES string of the molecule is NCC1(NC(=O)c2ccc3nccnc3c2)CCC1. The van der Waals surface area contributed by atoms with Crippen molar-refractivity contribution in [3.8, 4) is 0 Å². The molecule has 0 radical (unpaired) electrons. The summed E-state index contributed by atoms with van der Waals surface area (Å²) in [6.45, 7) is 0.492. The average Bonchev–Trinajstić information content (AvgIpc) is 2.42. The molecule has 3 rings (SSSR count). The Morgan fingerprint density at radius 2 is 2.00 bits per heavy atom. The highest BCUT2D eigenvalue weighted by Gasteiger charge is 2.37. The number of hydrogen-bond donors (Lipinski definition) is 2. The molecule has 0 bridgehead atoms. The number of benzene rings is 1. The van der Waals surface area contributed by atoms with Crippen molar-refractivity contribution in [1.82, 2.24) is 15.3 Å². The molecule has 0 aliphatic heterocycles. The molecule has 1 saturated carbocycles. The second-order valence-electron chi connectivity index (χ2n) is 5.05. The molecule has 5 heteroatoms. The zero-order valence-corrected chi connectivity index (χ0v) is 10.6. The van der Waals surface area contributed by atoms with Crippen LogP contribution in [0.25, 0.3) is 11.0 Å². The minimum absolute atomic E-state index is 0.0855. The van der Waals surface area contributed by atoms with Crippen molar-refractivity contribution in [2.75, 3.05) is 6.54 Å². The largest absolute Gasteiger partial charge is 0.345 e. The first-order valence-electron chi connectivity index (χ1n) is 6.46. The predicted octanol–water partition coefficient (Wildman–Crippen LogP) is 1.24. The molecular weight excluding hydrogens is 240 g/mol. The van der Waals surface area contributed by atoms with Crippen LogP contribution in [0.5, 0.6) is 0 Å². The summed E-state index contributed by atoms with van der Waals surface area (Å²) >= 11 is 0. The third kappa shape index (κ3) is 2.17. The smallest absolute Gasteiger partial charge is 0.251 e. The third-order valence-electron chi connectivity index (χ3n) is 3.81. The second-order valence-corrected chi connectivity index (χ2v) is 5.05. The van der Waals surface area contributed by atoms with E-state index in [2.05, 4.69) is 15.3 Å². The number of nitrogens with two attached hydrogens (primary N) is 1. The molecule has 1 aromatic carbocycles. The van der Waals surface area contributed by atoms with E-state index in [4.69, 9.17) is 5.73 Å². The summed E-state index contributed by atoms with van der Waals surface area (Å²) in [6, 6.07) is 5.35. The summed E-state index contributed by atoms with van der Waals surface area (Å²) in [4.78, 5) is 20.6. The molecule has 1 aliphatic rings. The highest BCUT2D eigenvalue weighted by Crippen LogP contribution is 2.31. The number of fused-ring (bicyclic) bond motifs is 1. The third-order valence-corrected chi connectivity index (χ3v) is 3.81. The first-order chi connectivity index (χ1) is 9.22. The highest BCUT2D eigenvalue weighted by atomic mass is 16.1. The maximum atomic E-state index is 12.2. The van der Waals surface area contributed by atoms with Gasteiger partial charge in [-0.15, -0.1) is 0 Å². The number of hydrogen-bond acceptors (Lipinski definition) is 4. The minimum Gasteiger partial charge on any atom is -0.345 e. The number of amides is 1. The van der Waals surface area contributed by atoms with Gasteiger partial charge in [-0.05, 0) is 37.5 Å². The summed E-state index contributed by atoms with van der Waals surface area (Å²) in [5.41, 5.74) is 7.67. The molecule has 0 saturated heterocycles. The maximum Gasteiger partial charge on any atom is 0.251 e. The summed E-state index contributed by atoms with van der Waals surface area (Å²) in [5.74, 6) is -0.0855. The van der Waals surface area contributed by atoms with Crippen LogP contribution in [0.1, 0.15) is 29.6 Å². The van der Waals surface area contributed by atoms with Crippen LogP contribution in [0.4, 0.5) is 0 Å². The fourth-order valence-electron chi connectivity index (χ4n) is 2.40. The zero-order chi connectivity index (χ0) is 13.3. The lowest BCUT2D eigenvalue weighted by Gasteiger charge is -2.41. The van der Waals surface area contributed by atoms with Gasteiger partial charge in [0, 0.05) is 24.5 Å². The van der Waals surface area contributed by atoms with Crippen molar-refractivity contribution in [2.24, 2.45) is 5.73 Å². The fraction of sp³-hybridized carbons (Fsp3) is 0.357. The Balaban J connectivity index is 1.85. The van der Waals surface area contributed by atoms with Gasteiger partial charge in [0.1, 0.15) is 0 Å². The van der Waals surface area contributed by atoms with Gasteiger partial charge in [-0.1, -0.05) is 0 Å². The molecule has 1 fully saturated rings. The van der Waals surface area contributed by atoms with Crippen molar-refractivity contribution in [1.29, 1.82) is 0 Å². The fourth-order valence-corrected chi connectivity index (χ4v) is 2.40. The van der Waals surface area contributed by atoms with Crippen molar-refractivity contribution in [2.45, 2.75) is 24.8 Å². The summed E-state index contributed by atoms with van der Waals surface area (Å²) in [7, 11) is 0. The molecule has 3 N–H and O–H groups in total. The molecule has 2 aromatic rings. The van der Waals surface area contributed by atoms with Gasteiger partial charge in [0.05, 0.1) is 16.6 Å². The summed E-state index contributed by atoms with van der Waals surface area (Å²) in [5, 5.41) is 3.05.